The maximum atomic E-state index is 13.0. The lowest BCUT2D eigenvalue weighted by Gasteiger charge is -2.36. The van der Waals surface area contributed by atoms with Crippen molar-refractivity contribution in [1.82, 2.24) is 15.0 Å². The van der Waals surface area contributed by atoms with Crippen LogP contribution in [0.2, 0.25) is 0 Å². The molecule has 7 heteroatoms. The van der Waals surface area contributed by atoms with Gasteiger partial charge in [-0.05, 0) is 44.2 Å². The zero-order valence-electron chi connectivity index (χ0n) is 16.8. The summed E-state index contributed by atoms with van der Waals surface area (Å²) in [5.41, 5.74) is 1.07. The highest BCUT2D eigenvalue weighted by molar-refractivity contribution is 5.93. The molecule has 154 valence electrons. The van der Waals surface area contributed by atoms with Gasteiger partial charge in [0.1, 0.15) is 5.75 Å². The van der Waals surface area contributed by atoms with E-state index in [2.05, 4.69) is 5.16 Å². The molecule has 0 N–H and O–H groups in total. The molecule has 2 fully saturated rings. The Hall–Kier alpha value is -2.83. The molecule has 7 nitrogen and oxygen atoms in total. The summed E-state index contributed by atoms with van der Waals surface area (Å²) in [6.45, 7) is 2.78. The van der Waals surface area contributed by atoms with E-state index < -0.39 is 0 Å². The van der Waals surface area contributed by atoms with Gasteiger partial charge in [-0.2, -0.15) is 0 Å². The molecule has 1 aromatic heterocycles. The average Bonchev–Trinajstić information content (AvgIpc) is 3.29. The predicted molar refractivity (Wildman–Crippen MR) is 108 cm³/mol. The van der Waals surface area contributed by atoms with Crippen molar-refractivity contribution in [3.05, 3.63) is 36.0 Å². The van der Waals surface area contributed by atoms with Gasteiger partial charge in [0.2, 0.25) is 5.91 Å². The van der Waals surface area contributed by atoms with Crippen LogP contribution in [-0.2, 0) is 4.79 Å². The topological polar surface area (TPSA) is 75.9 Å². The summed E-state index contributed by atoms with van der Waals surface area (Å²) in [5.74, 6) is 1.13. The number of hydrogen-bond donors (Lipinski definition) is 0. The molecule has 1 unspecified atom stereocenters. The number of rotatable bonds is 4. The van der Waals surface area contributed by atoms with E-state index in [-0.39, 0.29) is 23.4 Å². The number of hydrogen-bond acceptors (Lipinski definition) is 5. The summed E-state index contributed by atoms with van der Waals surface area (Å²) < 4.78 is 10.6. The number of aromatic nitrogens is 1. The maximum Gasteiger partial charge on any atom is 0.276 e. The second-order valence-electron chi connectivity index (χ2n) is 7.78. The molecule has 29 heavy (non-hydrogen) atoms. The quantitative estimate of drug-likeness (QED) is 0.792. The number of ether oxygens (including phenoxy) is 1. The second kappa shape index (κ2) is 8.68. The summed E-state index contributed by atoms with van der Waals surface area (Å²) in [5, 5.41) is 3.98. The van der Waals surface area contributed by atoms with Gasteiger partial charge >= 0.3 is 0 Å². The van der Waals surface area contributed by atoms with Crippen molar-refractivity contribution in [2.24, 2.45) is 5.92 Å². The number of carbonyl (C=O) groups is 2. The molecule has 2 aliphatic rings. The number of likely N-dealkylation sites (tertiary alicyclic amines) is 2. The first-order valence-corrected chi connectivity index (χ1v) is 10.3. The fourth-order valence-electron chi connectivity index (χ4n) is 4.19. The minimum atomic E-state index is -0.181. The Morgan fingerprint density at radius 1 is 1.07 bits per heavy atom. The van der Waals surface area contributed by atoms with Crippen LogP contribution in [0.3, 0.4) is 0 Å². The largest absolute Gasteiger partial charge is 0.497 e. The number of amides is 2. The summed E-state index contributed by atoms with van der Waals surface area (Å²) in [7, 11) is 1.60. The molecule has 0 saturated carbocycles. The molecule has 2 aliphatic heterocycles. The normalized spacial score (nSPS) is 19.8. The maximum absolute atomic E-state index is 13.0. The molecule has 2 aromatic rings. The monoisotopic (exact) mass is 397 g/mol. The number of piperidine rings is 2. The molecule has 3 heterocycles. The van der Waals surface area contributed by atoms with E-state index in [0.717, 1.165) is 44.3 Å². The van der Waals surface area contributed by atoms with Crippen LogP contribution in [0.5, 0.6) is 5.75 Å². The van der Waals surface area contributed by atoms with Gasteiger partial charge < -0.3 is 19.1 Å². The Morgan fingerprint density at radius 3 is 2.66 bits per heavy atom. The highest BCUT2D eigenvalue weighted by Crippen LogP contribution is 2.26. The highest BCUT2D eigenvalue weighted by atomic mass is 16.5. The Labute approximate surface area is 170 Å². The van der Waals surface area contributed by atoms with E-state index in [9.17, 15) is 9.59 Å². The third-order valence-electron chi connectivity index (χ3n) is 5.81. The molecule has 2 saturated heterocycles. The summed E-state index contributed by atoms with van der Waals surface area (Å²) >= 11 is 0. The van der Waals surface area contributed by atoms with Crippen LogP contribution in [0.4, 0.5) is 0 Å². The first-order valence-electron chi connectivity index (χ1n) is 10.3. The zero-order chi connectivity index (χ0) is 20.2. The van der Waals surface area contributed by atoms with E-state index in [1.54, 1.807) is 18.1 Å². The lowest BCUT2D eigenvalue weighted by atomic mass is 9.95. The van der Waals surface area contributed by atoms with Gasteiger partial charge in [0.05, 0.1) is 13.0 Å². The first-order chi connectivity index (χ1) is 14.2. The first kappa shape index (κ1) is 19.5. The summed E-state index contributed by atoms with van der Waals surface area (Å²) in [6, 6.07) is 9.08. The van der Waals surface area contributed by atoms with E-state index >= 15 is 0 Å². The minimum absolute atomic E-state index is 0.115. The average molecular weight is 397 g/mol. The van der Waals surface area contributed by atoms with Crippen molar-refractivity contribution < 1.29 is 18.8 Å². The van der Waals surface area contributed by atoms with E-state index in [0.29, 0.717) is 24.6 Å². The van der Waals surface area contributed by atoms with Crippen molar-refractivity contribution in [3.63, 3.8) is 0 Å². The number of benzene rings is 1. The van der Waals surface area contributed by atoms with Gasteiger partial charge in [0, 0.05) is 37.8 Å². The minimum Gasteiger partial charge on any atom is -0.497 e. The van der Waals surface area contributed by atoms with Crippen molar-refractivity contribution in [2.75, 3.05) is 33.3 Å². The molecular weight excluding hydrogens is 370 g/mol. The second-order valence-corrected chi connectivity index (χ2v) is 7.78. The van der Waals surface area contributed by atoms with Crippen LogP contribution in [0, 0.1) is 5.92 Å². The van der Waals surface area contributed by atoms with Gasteiger partial charge in [-0.25, -0.2) is 0 Å². The zero-order valence-corrected chi connectivity index (χ0v) is 16.8. The Balaban J connectivity index is 1.44. The number of nitrogens with zero attached hydrogens (tertiary/aromatic N) is 3. The van der Waals surface area contributed by atoms with Crippen LogP contribution in [-0.4, -0.2) is 60.1 Å². The Morgan fingerprint density at radius 2 is 1.86 bits per heavy atom. The van der Waals surface area contributed by atoms with Gasteiger partial charge in [-0.3, -0.25) is 9.59 Å². The molecule has 1 atom stereocenters. The lowest BCUT2D eigenvalue weighted by molar-refractivity contribution is -0.137. The lowest BCUT2D eigenvalue weighted by Crippen LogP contribution is -2.48. The van der Waals surface area contributed by atoms with E-state index in [1.165, 1.54) is 6.42 Å². The molecular formula is C22H27N3O4. The van der Waals surface area contributed by atoms with Crippen LogP contribution >= 0.6 is 0 Å². The Kier molecular flexibility index (Phi) is 5.83. The molecule has 0 bridgehead atoms. The molecule has 1 aromatic carbocycles. The van der Waals surface area contributed by atoms with Gasteiger partial charge in [0.15, 0.2) is 11.5 Å². The molecule has 0 aliphatic carbocycles. The van der Waals surface area contributed by atoms with Gasteiger partial charge in [0.25, 0.3) is 5.91 Å². The molecule has 0 spiro atoms. The third-order valence-corrected chi connectivity index (χ3v) is 5.81. The van der Waals surface area contributed by atoms with Crippen molar-refractivity contribution in [2.45, 2.75) is 32.1 Å². The molecule has 0 radical (unpaired) electrons. The highest BCUT2D eigenvalue weighted by Gasteiger charge is 2.33. The van der Waals surface area contributed by atoms with Crippen LogP contribution in [0.1, 0.15) is 42.6 Å². The van der Waals surface area contributed by atoms with Crippen molar-refractivity contribution in [1.29, 1.82) is 0 Å². The molecule has 2 amide bonds. The Bertz CT molecular complexity index is 872. The van der Waals surface area contributed by atoms with E-state index in [1.807, 2.05) is 29.2 Å². The fraction of sp³-hybridized carbons (Fsp3) is 0.500. The van der Waals surface area contributed by atoms with Crippen molar-refractivity contribution >= 4 is 11.8 Å². The smallest absolute Gasteiger partial charge is 0.276 e. The van der Waals surface area contributed by atoms with Crippen LogP contribution in [0.15, 0.2) is 34.9 Å². The summed E-state index contributed by atoms with van der Waals surface area (Å²) in [4.78, 5) is 29.5. The third kappa shape index (κ3) is 4.28. The van der Waals surface area contributed by atoms with Gasteiger partial charge in [-0.15, -0.1) is 0 Å². The molecule has 4 rings (SSSR count). The predicted octanol–water partition coefficient (Wildman–Crippen LogP) is 3.21. The standard InChI is InChI=1S/C22H27N3O4/c1-28-18-9-5-7-16(13-18)20-14-19(23-29-20)22(27)25-12-6-8-17(15-25)21(26)24-10-3-2-4-11-24/h5,7,9,13-14,17H,2-4,6,8,10-12,15H2,1H3. The number of carbonyl (C=O) groups excluding carboxylic acids is 2. The van der Waals surface area contributed by atoms with Crippen molar-refractivity contribution in [3.8, 4) is 17.1 Å². The SMILES string of the molecule is COc1cccc(-c2cc(C(=O)N3CCCC(C(=O)N4CCCCC4)C3)no2)c1. The van der Waals surface area contributed by atoms with Crippen LogP contribution in [0.25, 0.3) is 11.3 Å². The van der Waals surface area contributed by atoms with E-state index in [4.69, 9.17) is 9.26 Å². The van der Waals surface area contributed by atoms with Crippen LogP contribution < -0.4 is 4.74 Å². The number of methoxy groups -OCH3 is 1. The summed E-state index contributed by atoms with van der Waals surface area (Å²) in [6.07, 6.45) is 5.02. The fourth-order valence-corrected chi connectivity index (χ4v) is 4.19. The van der Waals surface area contributed by atoms with Gasteiger partial charge in [-0.1, -0.05) is 17.3 Å².